The van der Waals surface area contributed by atoms with Crippen molar-refractivity contribution in [2.24, 2.45) is 0 Å². The Balaban J connectivity index is 1.53. The zero-order valence-corrected chi connectivity index (χ0v) is 17.3. The molecule has 0 atom stereocenters. The number of hydrogen-bond donors (Lipinski definition) is 3. The average molecular weight is 439 g/mol. The van der Waals surface area contributed by atoms with Crippen molar-refractivity contribution in [3.63, 3.8) is 0 Å². The lowest BCUT2D eigenvalue weighted by Gasteiger charge is -2.13. The summed E-state index contributed by atoms with van der Waals surface area (Å²) in [5.41, 5.74) is 2.00. The smallest absolute Gasteiger partial charge is 0.416 e. The third-order valence-corrected chi connectivity index (χ3v) is 4.65. The highest BCUT2D eigenvalue weighted by molar-refractivity contribution is 5.71. The molecule has 0 saturated carbocycles. The van der Waals surface area contributed by atoms with Gasteiger partial charge in [0.15, 0.2) is 0 Å². The second-order valence-corrected chi connectivity index (χ2v) is 7.04. The van der Waals surface area contributed by atoms with Gasteiger partial charge >= 0.3 is 6.18 Å². The Morgan fingerprint density at radius 3 is 2.19 bits per heavy atom. The van der Waals surface area contributed by atoms with E-state index in [0.29, 0.717) is 28.9 Å². The summed E-state index contributed by atoms with van der Waals surface area (Å²) >= 11 is 0. The maximum atomic E-state index is 12.9. The van der Waals surface area contributed by atoms with Crippen molar-refractivity contribution in [2.75, 3.05) is 17.7 Å². The number of imidazole rings is 1. The van der Waals surface area contributed by atoms with Crippen LogP contribution in [0.25, 0.3) is 11.4 Å². The van der Waals surface area contributed by atoms with E-state index < -0.39 is 11.7 Å². The second-order valence-electron chi connectivity index (χ2n) is 7.04. The van der Waals surface area contributed by atoms with Gasteiger partial charge in [-0.15, -0.1) is 0 Å². The summed E-state index contributed by atoms with van der Waals surface area (Å²) in [7, 11) is 1.58. The molecule has 0 bridgehead atoms. The number of aryl methyl sites for hydroxylation is 1. The van der Waals surface area contributed by atoms with Gasteiger partial charge in [0.25, 0.3) is 0 Å². The summed E-state index contributed by atoms with van der Waals surface area (Å²) < 4.78 is 44.3. The molecule has 2 heterocycles. The van der Waals surface area contributed by atoms with Gasteiger partial charge in [-0.25, -0.2) is 9.97 Å². The first kappa shape index (κ1) is 21.2. The zero-order valence-electron chi connectivity index (χ0n) is 17.3. The fraction of sp³-hybridized carbons (Fsp3) is 0.130. The van der Waals surface area contributed by atoms with Crippen molar-refractivity contribution >= 4 is 23.0 Å². The molecule has 2 aromatic carbocycles. The molecule has 3 N–H and O–H groups in total. The lowest BCUT2D eigenvalue weighted by atomic mass is 10.1. The quantitative estimate of drug-likeness (QED) is 0.329. The molecule has 6 nitrogen and oxygen atoms in total. The number of anilines is 4. The summed E-state index contributed by atoms with van der Waals surface area (Å²) in [5, 5.41) is 6.09. The number of nitrogens with one attached hydrogen (secondary N) is 3. The van der Waals surface area contributed by atoms with Crippen molar-refractivity contribution in [1.82, 2.24) is 15.0 Å². The van der Waals surface area contributed by atoms with Gasteiger partial charge in [-0.1, -0.05) is 12.1 Å². The van der Waals surface area contributed by atoms with Crippen LogP contribution < -0.4 is 15.4 Å². The van der Waals surface area contributed by atoms with Crippen LogP contribution >= 0.6 is 0 Å². The van der Waals surface area contributed by atoms with Gasteiger partial charge in [-0.3, -0.25) is 0 Å². The third kappa shape index (κ3) is 4.83. The Hall–Kier alpha value is -4.01. The van der Waals surface area contributed by atoms with E-state index in [1.807, 2.05) is 31.3 Å². The van der Waals surface area contributed by atoms with Gasteiger partial charge < -0.3 is 20.4 Å². The molecule has 0 saturated heterocycles. The van der Waals surface area contributed by atoms with E-state index in [9.17, 15) is 13.2 Å². The van der Waals surface area contributed by atoms with Crippen molar-refractivity contribution < 1.29 is 17.9 Å². The van der Waals surface area contributed by atoms with Crippen LogP contribution in [-0.4, -0.2) is 22.1 Å². The number of halogens is 3. The van der Waals surface area contributed by atoms with Crippen molar-refractivity contribution in [1.29, 1.82) is 0 Å². The number of rotatable bonds is 6. The number of aromatic nitrogens is 3. The zero-order chi connectivity index (χ0) is 22.7. The van der Waals surface area contributed by atoms with Crippen LogP contribution in [0.15, 0.2) is 66.9 Å². The van der Waals surface area contributed by atoms with Gasteiger partial charge in [-0.2, -0.15) is 13.2 Å². The highest BCUT2D eigenvalue weighted by Crippen LogP contribution is 2.33. The molecule has 0 aliphatic carbocycles. The topological polar surface area (TPSA) is 74.9 Å². The minimum absolute atomic E-state index is 0.296. The van der Waals surface area contributed by atoms with Gasteiger partial charge in [0, 0.05) is 23.6 Å². The lowest BCUT2D eigenvalue weighted by Crippen LogP contribution is -2.05. The number of benzene rings is 2. The van der Waals surface area contributed by atoms with Crippen molar-refractivity contribution in [3.05, 3.63) is 78.1 Å². The van der Waals surface area contributed by atoms with Gasteiger partial charge in [0.1, 0.15) is 23.2 Å². The van der Waals surface area contributed by atoms with E-state index >= 15 is 0 Å². The van der Waals surface area contributed by atoms with Crippen LogP contribution in [0, 0.1) is 6.92 Å². The van der Waals surface area contributed by atoms with E-state index in [-0.39, 0.29) is 0 Å². The summed E-state index contributed by atoms with van der Waals surface area (Å²) in [6.45, 7) is 1.90. The van der Waals surface area contributed by atoms with Crippen LogP contribution in [0.4, 0.5) is 36.2 Å². The van der Waals surface area contributed by atoms with Gasteiger partial charge in [0.2, 0.25) is 0 Å². The van der Waals surface area contributed by atoms with E-state index in [4.69, 9.17) is 4.74 Å². The molecule has 0 aliphatic heterocycles. The largest absolute Gasteiger partial charge is 0.496 e. The van der Waals surface area contributed by atoms with Gasteiger partial charge in [-0.05, 0) is 49.4 Å². The molecular weight excluding hydrogens is 419 g/mol. The maximum absolute atomic E-state index is 12.9. The first-order valence-electron chi connectivity index (χ1n) is 9.70. The predicted molar refractivity (Wildman–Crippen MR) is 118 cm³/mol. The Kier molecular flexibility index (Phi) is 5.72. The Morgan fingerprint density at radius 2 is 1.56 bits per heavy atom. The molecule has 4 rings (SSSR count). The maximum Gasteiger partial charge on any atom is 0.416 e. The second kappa shape index (κ2) is 8.62. The molecular formula is C23H20F3N5O. The summed E-state index contributed by atoms with van der Waals surface area (Å²) in [6.07, 6.45) is -2.60. The lowest BCUT2D eigenvalue weighted by molar-refractivity contribution is -0.137. The fourth-order valence-electron chi connectivity index (χ4n) is 3.16. The first-order valence-corrected chi connectivity index (χ1v) is 9.70. The number of H-pyrrole nitrogens is 1. The fourth-order valence-corrected chi connectivity index (χ4v) is 3.16. The Labute approximate surface area is 182 Å². The number of methoxy groups -OCH3 is 1. The molecule has 0 radical (unpaired) electrons. The molecule has 164 valence electrons. The highest BCUT2D eigenvalue weighted by Gasteiger charge is 2.30. The van der Waals surface area contributed by atoms with Crippen LogP contribution in [0.1, 0.15) is 11.3 Å². The van der Waals surface area contributed by atoms with Crippen LogP contribution in [0.2, 0.25) is 0 Å². The third-order valence-electron chi connectivity index (χ3n) is 4.65. The van der Waals surface area contributed by atoms with E-state index in [1.54, 1.807) is 31.4 Å². The molecule has 0 spiro atoms. The predicted octanol–water partition coefficient (Wildman–Crippen LogP) is 6.29. The van der Waals surface area contributed by atoms with Crippen LogP contribution in [-0.2, 0) is 6.18 Å². The Bertz CT molecular complexity index is 1240. The number of nitrogens with zero attached hydrogens (tertiary/aromatic N) is 2. The number of alkyl halides is 3. The van der Waals surface area contributed by atoms with Crippen molar-refractivity contribution in [3.8, 4) is 17.1 Å². The van der Waals surface area contributed by atoms with E-state index in [2.05, 4.69) is 25.6 Å². The first-order chi connectivity index (χ1) is 15.3. The van der Waals surface area contributed by atoms with Gasteiger partial charge in [0.05, 0.1) is 23.9 Å². The average Bonchev–Trinajstić information content (AvgIpc) is 3.19. The molecule has 9 heteroatoms. The van der Waals surface area contributed by atoms with Crippen molar-refractivity contribution in [2.45, 2.75) is 13.1 Å². The van der Waals surface area contributed by atoms with Crippen LogP contribution in [0.5, 0.6) is 5.75 Å². The molecule has 0 unspecified atom stereocenters. The highest BCUT2D eigenvalue weighted by atomic mass is 19.4. The molecule has 2 aromatic heterocycles. The molecule has 0 aliphatic rings. The van der Waals surface area contributed by atoms with E-state index in [0.717, 1.165) is 29.1 Å². The number of hydrogen-bond acceptors (Lipinski definition) is 5. The van der Waals surface area contributed by atoms with Crippen LogP contribution in [0.3, 0.4) is 0 Å². The standard InChI is InChI=1S/C23H20F3N5O/c1-14-13-27-22(28-14)18-10-9-17(12-19(18)32-2)30-21-8-4-7-20(31-21)29-16-6-3-5-15(11-16)23(24,25)26/h3-13H,1-2H3,(H,27,28)(H2,29,30,31). The SMILES string of the molecule is COc1cc(Nc2cccc(Nc3cccc(C(F)(F)F)c3)n2)ccc1-c1nc(C)c[nH]1. The Morgan fingerprint density at radius 1 is 0.875 bits per heavy atom. The summed E-state index contributed by atoms with van der Waals surface area (Å²) in [5.74, 6) is 2.26. The minimum atomic E-state index is -4.41. The molecule has 0 fully saturated rings. The molecule has 0 amide bonds. The number of ether oxygens (including phenoxy) is 1. The number of aromatic amines is 1. The molecule has 32 heavy (non-hydrogen) atoms. The monoisotopic (exact) mass is 439 g/mol. The van der Waals surface area contributed by atoms with E-state index in [1.165, 1.54) is 6.07 Å². The normalized spacial score (nSPS) is 11.3. The number of pyridine rings is 1. The minimum Gasteiger partial charge on any atom is -0.496 e. The summed E-state index contributed by atoms with van der Waals surface area (Å²) in [4.78, 5) is 12.0. The molecule has 4 aromatic rings. The summed E-state index contributed by atoms with van der Waals surface area (Å²) in [6, 6.07) is 15.7.